The van der Waals surface area contributed by atoms with E-state index in [4.69, 9.17) is 0 Å². The molecule has 8 nitrogen and oxygen atoms in total. The molecule has 0 aliphatic carbocycles. The van der Waals surface area contributed by atoms with Crippen LogP contribution in [0.2, 0.25) is 0 Å². The van der Waals surface area contributed by atoms with Gasteiger partial charge in [0, 0.05) is 11.8 Å². The van der Waals surface area contributed by atoms with Gasteiger partial charge in [0.2, 0.25) is 5.91 Å². The third kappa shape index (κ3) is 3.22. The molecule has 0 bridgehead atoms. The highest BCUT2D eigenvalue weighted by Gasteiger charge is 2.55. The first-order chi connectivity index (χ1) is 13.9. The normalized spacial score (nSPS) is 20.4. The number of aryl methyl sites for hydroxylation is 1. The van der Waals surface area contributed by atoms with Crippen molar-refractivity contribution in [3.8, 4) is 0 Å². The maximum absolute atomic E-state index is 13.5. The predicted octanol–water partition coefficient (Wildman–Crippen LogP) is 2.21. The molecule has 29 heavy (non-hydrogen) atoms. The van der Waals surface area contributed by atoms with Crippen molar-refractivity contribution in [2.45, 2.75) is 19.0 Å². The number of carbonyl (C=O) groups excluding carboxylic acids is 3. The van der Waals surface area contributed by atoms with Crippen LogP contribution in [-0.4, -0.2) is 41.4 Å². The van der Waals surface area contributed by atoms with Crippen LogP contribution in [0, 0.1) is 18.6 Å². The molecule has 1 N–H and O–H groups in total. The topological polar surface area (TPSA) is 94.4 Å². The van der Waals surface area contributed by atoms with E-state index in [1.807, 2.05) is 19.1 Å². The number of anilines is 2. The number of imide groups is 1. The molecule has 4 rings (SSSR count). The van der Waals surface area contributed by atoms with Gasteiger partial charge in [-0.15, -0.1) is 0 Å². The number of halogens is 2. The average Bonchev–Trinajstić information content (AvgIpc) is 3.20. The molecule has 2 aliphatic rings. The second-order valence-corrected chi connectivity index (χ2v) is 6.67. The second-order valence-electron chi connectivity index (χ2n) is 6.67. The van der Waals surface area contributed by atoms with Crippen LogP contribution >= 0.6 is 0 Å². The van der Waals surface area contributed by atoms with Crippen molar-refractivity contribution in [2.24, 2.45) is 10.3 Å². The van der Waals surface area contributed by atoms with Gasteiger partial charge < -0.3 is 5.32 Å². The van der Waals surface area contributed by atoms with Crippen molar-refractivity contribution in [1.82, 2.24) is 5.01 Å². The van der Waals surface area contributed by atoms with Crippen molar-refractivity contribution in [1.29, 1.82) is 0 Å². The van der Waals surface area contributed by atoms with E-state index in [9.17, 15) is 23.2 Å². The fourth-order valence-corrected chi connectivity index (χ4v) is 3.28. The van der Waals surface area contributed by atoms with Gasteiger partial charge in [-0.3, -0.25) is 19.4 Å². The van der Waals surface area contributed by atoms with Gasteiger partial charge in [-0.05, 0) is 30.7 Å². The molecule has 0 saturated carbocycles. The standard InChI is InChI=1S/C19H15F2N5O3/c1-10-4-2-3-5-14(10)22-15(27)9-25-17-16(23-24-25)18(28)26(19(17)29)11-6-7-12(20)13(21)8-11/h2-8,16-17H,9H2,1H3,(H,22,27)/t16-,17-/m0/s1. The first-order valence-electron chi connectivity index (χ1n) is 8.72. The molecule has 2 aromatic carbocycles. The molecule has 1 saturated heterocycles. The van der Waals surface area contributed by atoms with Gasteiger partial charge in [-0.25, -0.2) is 13.7 Å². The third-order valence-electron chi connectivity index (χ3n) is 4.74. The van der Waals surface area contributed by atoms with E-state index in [2.05, 4.69) is 15.7 Å². The number of hydrogen-bond acceptors (Lipinski definition) is 6. The summed E-state index contributed by atoms with van der Waals surface area (Å²) in [6.45, 7) is 1.53. The fraction of sp³-hybridized carbons (Fsp3) is 0.211. The molecule has 2 aliphatic heterocycles. The number of carbonyl (C=O) groups is 3. The van der Waals surface area contributed by atoms with Crippen molar-refractivity contribution in [3.05, 3.63) is 59.7 Å². The second kappa shape index (κ2) is 7.04. The van der Waals surface area contributed by atoms with Gasteiger partial charge in [0.15, 0.2) is 23.7 Å². The lowest BCUT2D eigenvalue weighted by Crippen LogP contribution is -2.43. The molecular weight excluding hydrogens is 384 g/mol. The summed E-state index contributed by atoms with van der Waals surface area (Å²) >= 11 is 0. The summed E-state index contributed by atoms with van der Waals surface area (Å²) in [6, 6.07) is 7.64. The van der Waals surface area contributed by atoms with Gasteiger partial charge in [-0.2, -0.15) is 5.11 Å². The van der Waals surface area contributed by atoms with Crippen molar-refractivity contribution in [2.75, 3.05) is 16.8 Å². The van der Waals surface area contributed by atoms with Crippen LogP contribution < -0.4 is 10.2 Å². The van der Waals surface area contributed by atoms with Crippen molar-refractivity contribution < 1.29 is 23.2 Å². The van der Waals surface area contributed by atoms with Gasteiger partial charge in [0.05, 0.1) is 5.69 Å². The minimum absolute atomic E-state index is 0.104. The molecule has 0 unspecified atom stereocenters. The number of rotatable bonds is 4. The fourth-order valence-electron chi connectivity index (χ4n) is 3.28. The van der Waals surface area contributed by atoms with Crippen LogP contribution in [-0.2, 0) is 14.4 Å². The number of hydrogen-bond donors (Lipinski definition) is 1. The maximum atomic E-state index is 13.5. The van der Waals surface area contributed by atoms with Crippen LogP contribution in [0.15, 0.2) is 52.8 Å². The van der Waals surface area contributed by atoms with E-state index in [1.165, 1.54) is 0 Å². The first kappa shape index (κ1) is 18.7. The summed E-state index contributed by atoms with van der Waals surface area (Å²) < 4.78 is 26.7. The van der Waals surface area contributed by atoms with E-state index >= 15 is 0 Å². The summed E-state index contributed by atoms with van der Waals surface area (Å²) in [5, 5.41) is 11.4. The van der Waals surface area contributed by atoms with Gasteiger partial charge in [-0.1, -0.05) is 23.4 Å². The number of nitrogens with zero attached hydrogens (tertiary/aromatic N) is 4. The van der Waals surface area contributed by atoms with Gasteiger partial charge in [0.25, 0.3) is 11.8 Å². The Morgan fingerprint density at radius 2 is 1.86 bits per heavy atom. The summed E-state index contributed by atoms with van der Waals surface area (Å²) in [4.78, 5) is 38.5. The van der Waals surface area contributed by atoms with Gasteiger partial charge in [0.1, 0.15) is 6.54 Å². The Kier molecular flexibility index (Phi) is 4.53. The SMILES string of the molecule is Cc1ccccc1NC(=O)CN1N=N[C@@H]2C(=O)N(c3ccc(F)c(F)c3)C(=O)[C@H]21. The van der Waals surface area contributed by atoms with Crippen LogP contribution in [0.4, 0.5) is 20.2 Å². The number of amides is 3. The molecule has 10 heteroatoms. The molecular formula is C19H15F2N5O3. The number of nitrogens with one attached hydrogen (secondary N) is 1. The summed E-state index contributed by atoms with van der Waals surface area (Å²) in [5.74, 6) is -4.14. The minimum atomic E-state index is -1.18. The summed E-state index contributed by atoms with van der Waals surface area (Å²) in [5.41, 5.74) is 1.37. The Morgan fingerprint density at radius 1 is 1.10 bits per heavy atom. The summed E-state index contributed by atoms with van der Waals surface area (Å²) in [6.07, 6.45) is 0. The van der Waals surface area contributed by atoms with E-state index in [-0.39, 0.29) is 12.2 Å². The molecule has 2 heterocycles. The average molecular weight is 399 g/mol. The molecule has 2 aromatic rings. The highest BCUT2D eigenvalue weighted by Crippen LogP contribution is 2.32. The molecule has 3 amide bonds. The molecule has 148 valence electrons. The maximum Gasteiger partial charge on any atom is 0.263 e. The minimum Gasteiger partial charge on any atom is -0.324 e. The highest BCUT2D eigenvalue weighted by atomic mass is 19.2. The molecule has 1 fully saturated rings. The smallest absolute Gasteiger partial charge is 0.263 e. The number of benzene rings is 2. The monoisotopic (exact) mass is 399 g/mol. The van der Waals surface area contributed by atoms with Crippen molar-refractivity contribution >= 4 is 29.1 Å². The number of fused-ring (bicyclic) bond motifs is 1. The summed E-state index contributed by atoms with van der Waals surface area (Å²) in [7, 11) is 0. The zero-order valence-electron chi connectivity index (χ0n) is 15.2. The van der Waals surface area contributed by atoms with E-state index in [0.29, 0.717) is 5.69 Å². The Labute approximate surface area is 163 Å². The molecule has 0 aromatic heterocycles. The molecule has 0 radical (unpaired) electrons. The predicted molar refractivity (Wildman–Crippen MR) is 97.8 cm³/mol. The van der Waals surface area contributed by atoms with Crippen LogP contribution in [0.5, 0.6) is 0 Å². The lowest BCUT2D eigenvalue weighted by Gasteiger charge is -2.20. The van der Waals surface area contributed by atoms with Crippen molar-refractivity contribution in [3.63, 3.8) is 0 Å². The Morgan fingerprint density at radius 3 is 2.59 bits per heavy atom. The first-order valence-corrected chi connectivity index (χ1v) is 8.72. The lowest BCUT2D eigenvalue weighted by atomic mass is 10.1. The molecule has 0 spiro atoms. The Balaban J connectivity index is 1.51. The van der Waals surface area contributed by atoms with Gasteiger partial charge >= 0.3 is 0 Å². The van der Waals surface area contributed by atoms with E-state index in [1.54, 1.807) is 12.1 Å². The Hall–Kier alpha value is -3.69. The third-order valence-corrected chi connectivity index (χ3v) is 4.74. The zero-order valence-corrected chi connectivity index (χ0v) is 15.2. The quantitative estimate of drug-likeness (QED) is 0.798. The van der Waals surface area contributed by atoms with E-state index in [0.717, 1.165) is 33.7 Å². The highest BCUT2D eigenvalue weighted by molar-refractivity contribution is 6.25. The van der Waals surface area contributed by atoms with Crippen LogP contribution in [0.1, 0.15) is 5.56 Å². The number of para-hydroxylation sites is 1. The van der Waals surface area contributed by atoms with Crippen LogP contribution in [0.25, 0.3) is 0 Å². The zero-order chi connectivity index (χ0) is 20.7. The lowest BCUT2D eigenvalue weighted by molar-refractivity contribution is -0.123. The molecule has 2 atom stereocenters. The van der Waals surface area contributed by atoms with Crippen LogP contribution in [0.3, 0.4) is 0 Å². The largest absolute Gasteiger partial charge is 0.324 e. The Bertz CT molecular complexity index is 1060. The van der Waals surface area contributed by atoms with E-state index < -0.39 is 41.4 Å².